The van der Waals surface area contributed by atoms with Gasteiger partial charge in [-0.15, -0.1) is 0 Å². The zero-order valence-electron chi connectivity index (χ0n) is 29.5. The van der Waals surface area contributed by atoms with E-state index in [1.807, 2.05) is 0 Å². The van der Waals surface area contributed by atoms with Gasteiger partial charge < -0.3 is 7.58 Å². The summed E-state index contributed by atoms with van der Waals surface area (Å²) in [4.78, 5) is 0. The summed E-state index contributed by atoms with van der Waals surface area (Å²) in [6.07, 6.45) is -52.2. The van der Waals surface area contributed by atoms with E-state index >= 15 is 0 Å². The molecule has 0 aliphatic heterocycles. The minimum atomic E-state index is -5.77. The third-order valence-corrected chi connectivity index (χ3v) is 9.62. The lowest BCUT2D eigenvalue weighted by Crippen LogP contribution is -2.27. The quantitative estimate of drug-likeness (QED) is 0.129. The lowest BCUT2D eigenvalue weighted by atomic mass is 9.94. The first-order valence-electron chi connectivity index (χ1n) is 16.1. The van der Waals surface area contributed by atoms with E-state index in [0.29, 0.717) is 5.79 Å². The highest BCUT2D eigenvalue weighted by atomic mass is 27.2. The van der Waals surface area contributed by atoms with Crippen molar-refractivity contribution in [1.82, 2.24) is 0 Å². The first-order valence-corrected chi connectivity index (χ1v) is 18.2. The molecule has 27 heteroatoms. The van der Waals surface area contributed by atoms with Crippen molar-refractivity contribution in [2.75, 3.05) is 0 Å². The van der Waals surface area contributed by atoms with Crippen LogP contribution < -0.4 is 0 Å². The number of benzene rings is 4. The van der Waals surface area contributed by atoms with E-state index in [2.05, 4.69) is 0 Å². The third kappa shape index (κ3) is 12.4. The zero-order chi connectivity index (χ0) is 47.6. The van der Waals surface area contributed by atoms with Gasteiger partial charge in [0.1, 0.15) is 0 Å². The Labute approximate surface area is 334 Å². The summed E-state index contributed by atoms with van der Waals surface area (Å²) >= 11 is -4.71. The van der Waals surface area contributed by atoms with Gasteiger partial charge in [-0.1, -0.05) is 5.79 Å². The van der Waals surface area contributed by atoms with Crippen LogP contribution in [0.4, 0.5) is 105 Å². The van der Waals surface area contributed by atoms with Crippen LogP contribution in [-0.2, 0) is 57.0 Å². The topological polar surface area (TPSA) is 18.5 Å². The van der Waals surface area contributed by atoms with Gasteiger partial charge in [0.05, 0.1) is 56.7 Å². The second-order valence-electron chi connectivity index (χ2n) is 13.0. The summed E-state index contributed by atoms with van der Waals surface area (Å²) < 4.78 is 344. The molecule has 0 spiro atoms. The molecule has 4 aromatic carbocycles. The van der Waals surface area contributed by atoms with Crippen LogP contribution in [-0.4, -0.2) is 14.8 Å². The van der Waals surface area contributed by atoms with Gasteiger partial charge >= 0.3 is 64.2 Å². The Morgan fingerprint density at radius 2 is 0.403 bits per heavy atom. The Balaban J connectivity index is 2.09. The van der Waals surface area contributed by atoms with E-state index < -0.39 is 167 Å². The Hall–Kier alpha value is -4.35. The van der Waals surface area contributed by atoms with Gasteiger partial charge in [0, 0.05) is 0 Å². The predicted octanol–water partition coefficient (Wildman–Crippen LogP) is 14.9. The molecule has 340 valence electrons. The van der Waals surface area contributed by atoms with Gasteiger partial charge in [-0.3, -0.25) is 0 Å². The summed E-state index contributed by atoms with van der Waals surface area (Å²) in [6, 6.07) is -4.36. The maximum Gasteiger partial charge on any atom is 0.672 e. The van der Waals surface area contributed by atoms with Crippen molar-refractivity contribution in [3.8, 4) is 0 Å². The molecule has 2 nitrogen and oxygen atoms in total. The average molecular weight is 952 g/mol. The Morgan fingerprint density at radius 3 is 0.516 bits per heavy atom. The summed E-state index contributed by atoms with van der Waals surface area (Å²) in [7, 11) is 0. The minimum absolute atomic E-state index is 0.267. The molecule has 62 heavy (non-hydrogen) atoms. The van der Waals surface area contributed by atoms with Crippen molar-refractivity contribution >= 4 is 14.8 Å². The number of halogens is 24. The van der Waals surface area contributed by atoms with Crippen molar-refractivity contribution in [1.29, 1.82) is 0 Å². The fraction of sp³-hybridized carbons (Fsp3) is 0.314. The summed E-state index contributed by atoms with van der Waals surface area (Å²) in [5.74, 6) is 0.479. The van der Waals surface area contributed by atoms with Crippen LogP contribution in [0.3, 0.4) is 0 Å². The Kier molecular flexibility index (Phi) is 13.5. The minimum Gasteiger partial charge on any atom is -0.469 e. The first-order chi connectivity index (χ1) is 27.7. The molecule has 0 unspecified atom stereocenters. The molecule has 0 heterocycles. The molecule has 0 aliphatic rings. The SMILES string of the molecule is [CH3][Al]([O]C(c1cc(C(F)(F)F)cc(C(F)(F)F)c1)c1cc(C(F)(F)F)cc(C(F)(F)F)c1)[O]C(c1cc(C(F)(F)F)cc(C(F)(F)F)c1)c1cc(C(F)(F)F)cc(C(F)(F)F)c1. The van der Waals surface area contributed by atoms with Crippen molar-refractivity contribution in [3.05, 3.63) is 140 Å². The van der Waals surface area contributed by atoms with Crippen molar-refractivity contribution in [2.45, 2.75) is 67.4 Å². The lowest BCUT2D eigenvalue weighted by Gasteiger charge is -2.29. The van der Waals surface area contributed by atoms with Crippen molar-refractivity contribution in [2.24, 2.45) is 0 Å². The Morgan fingerprint density at radius 1 is 0.274 bits per heavy atom. The maximum atomic E-state index is 13.9. The number of hydrogen-bond acceptors (Lipinski definition) is 2. The third-order valence-electron chi connectivity index (χ3n) is 8.31. The summed E-state index contributed by atoms with van der Waals surface area (Å²) in [5.41, 5.74) is -24.4. The highest BCUT2D eigenvalue weighted by Crippen LogP contribution is 2.46. The summed E-state index contributed by atoms with van der Waals surface area (Å²) in [5, 5.41) is 0. The number of hydrogen-bond donors (Lipinski definition) is 0. The molecule has 0 bridgehead atoms. The molecular formula is C35H17AlF24O2. The monoisotopic (exact) mass is 952 g/mol. The smallest absolute Gasteiger partial charge is 0.469 e. The molecule has 0 N–H and O–H groups in total. The van der Waals surface area contributed by atoms with Crippen molar-refractivity contribution in [3.63, 3.8) is 0 Å². The fourth-order valence-electron chi connectivity index (χ4n) is 5.64. The van der Waals surface area contributed by atoms with Gasteiger partial charge in [-0.05, 0) is 95.1 Å². The van der Waals surface area contributed by atoms with E-state index in [-0.39, 0.29) is 48.5 Å². The van der Waals surface area contributed by atoms with E-state index in [9.17, 15) is 105 Å². The van der Waals surface area contributed by atoms with Crippen molar-refractivity contribution < 1.29 is 113 Å². The number of alkyl halides is 24. The van der Waals surface area contributed by atoms with Crippen LogP contribution in [0.25, 0.3) is 0 Å². The van der Waals surface area contributed by atoms with Crippen LogP contribution in [0.1, 0.15) is 79.0 Å². The predicted molar refractivity (Wildman–Crippen MR) is 163 cm³/mol. The fourth-order valence-corrected chi connectivity index (χ4v) is 7.10. The second kappa shape index (κ2) is 16.7. The molecule has 0 aliphatic carbocycles. The molecule has 0 fully saturated rings. The van der Waals surface area contributed by atoms with Crippen LogP contribution >= 0.6 is 0 Å². The van der Waals surface area contributed by atoms with Gasteiger partial charge in [-0.2, -0.15) is 105 Å². The molecule has 0 atom stereocenters. The van der Waals surface area contributed by atoms with Crippen LogP contribution in [0.15, 0.2) is 72.8 Å². The highest BCUT2D eigenvalue weighted by molar-refractivity contribution is 6.42. The highest BCUT2D eigenvalue weighted by Gasteiger charge is 2.44. The molecule has 4 rings (SSSR count). The number of rotatable bonds is 8. The molecule has 0 saturated heterocycles. The van der Waals surface area contributed by atoms with Crippen LogP contribution in [0.5, 0.6) is 0 Å². The zero-order valence-corrected chi connectivity index (χ0v) is 30.7. The molecule has 0 amide bonds. The van der Waals surface area contributed by atoms with Gasteiger partial charge in [0.15, 0.2) is 0 Å². The molecule has 0 radical (unpaired) electrons. The summed E-state index contributed by atoms with van der Waals surface area (Å²) in [6.45, 7) is 0. The average Bonchev–Trinajstić information content (AvgIpc) is 3.09. The van der Waals surface area contributed by atoms with E-state index in [0.717, 1.165) is 0 Å². The van der Waals surface area contributed by atoms with E-state index in [4.69, 9.17) is 7.58 Å². The molecule has 0 saturated carbocycles. The maximum absolute atomic E-state index is 13.9. The largest absolute Gasteiger partial charge is 0.672 e. The van der Waals surface area contributed by atoms with Crippen LogP contribution in [0.2, 0.25) is 5.79 Å². The van der Waals surface area contributed by atoms with Gasteiger partial charge in [0.2, 0.25) is 0 Å². The molecular weight excluding hydrogens is 935 g/mol. The normalized spacial score (nSPS) is 14.0. The molecule has 4 aromatic rings. The second-order valence-corrected chi connectivity index (χ2v) is 14.6. The van der Waals surface area contributed by atoms with E-state index in [1.54, 1.807) is 0 Å². The van der Waals surface area contributed by atoms with Gasteiger partial charge in [0.25, 0.3) is 0 Å². The lowest BCUT2D eigenvalue weighted by molar-refractivity contribution is -0.145. The standard InChI is InChI=1S/2C17H7F12O.CH3.Al/c2*18-14(19,20)9-1-7(2-10(5-9)15(21,22)23)13(30)8-3-11(16(24,25)26)6-12(4-8)17(27,28)29;;/h2*1-6,13H;1H3;/q2*-1;;+2. The molecule has 0 aromatic heterocycles. The van der Waals surface area contributed by atoms with Crippen LogP contribution in [0, 0.1) is 0 Å². The Bertz CT molecular complexity index is 1800. The first kappa shape index (κ1) is 50.3. The van der Waals surface area contributed by atoms with Gasteiger partial charge in [-0.25, -0.2) is 0 Å². The van der Waals surface area contributed by atoms with E-state index in [1.165, 1.54) is 0 Å².